The Morgan fingerprint density at radius 2 is 2.12 bits per heavy atom. The highest BCUT2D eigenvalue weighted by molar-refractivity contribution is 5.50. The van der Waals surface area contributed by atoms with Crippen LogP contribution in [0.15, 0.2) is 54.3 Å². The summed E-state index contributed by atoms with van der Waals surface area (Å²) in [6, 6.07) is 8.98. The van der Waals surface area contributed by atoms with E-state index in [1.807, 2.05) is 0 Å². The number of hydrogen-bond acceptors (Lipinski definition) is 1. The summed E-state index contributed by atoms with van der Waals surface area (Å²) in [5.41, 5.74) is 5.37. The van der Waals surface area contributed by atoms with Gasteiger partial charge in [-0.05, 0) is 66.7 Å². The highest BCUT2D eigenvalue weighted by atomic mass is 14.9. The third-order valence-corrected chi connectivity index (χ3v) is 4.93. The van der Waals surface area contributed by atoms with Gasteiger partial charge in [-0.15, -0.1) is 0 Å². The number of aromatic amines is 1. The van der Waals surface area contributed by atoms with Crippen LogP contribution in [0.5, 0.6) is 0 Å². The normalized spacial score (nSPS) is 16.8. The van der Waals surface area contributed by atoms with Gasteiger partial charge >= 0.3 is 0 Å². The zero-order valence-electron chi connectivity index (χ0n) is 14.2. The van der Waals surface area contributed by atoms with Gasteiger partial charge in [0.2, 0.25) is 0 Å². The highest BCUT2D eigenvalue weighted by Crippen LogP contribution is 2.22. The molecule has 0 aliphatic heterocycles. The first-order valence-corrected chi connectivity index (χ1v) is 8.85. The Bertz CT molecular complexity index is 912. The maximum atomic E-state index is 3.76. The average Bonchev–Trinajstić information content (AvgIpc) is 3.24. The van der Waals surface area contributed by atoms with E-state index >= 15 is 0 Å². The standard InChI is InChI=1S/C22H24N2/c1-16-7-6-10-19(13-16)24-22(17-8-2-3-9-17)14-18-15-23-21-12-5-4-11-20(18)21/h2-3,6-8,10-13,15,22-24H,4-5,9,14H2,1H3. The lowest BCUT2D eigenvalue weighted by Gasteiger charge is -2.22. The SMILES string of the molecule is Cc1cccc(NC(Cc2c[nH]c3c2=CCCC=3)C2=CC=CC2)c1. The van der Waals surface area contributed by atoms with Crippen LogP contribution in [0.3, 0.4) is 0 Å². The summed E-state index contributed by atoms with van der Waals surface area (Å²) in [6.45, 7) is 2.14. The molecule has 0 fully saturated rings. The molecule has 122 valence electrons. The molecule has 24 heavy (non-hydrogen) atoms. The quantitative estimate of drug-likeness (QED) is 0.867. The monoisotopic (exact) mass is 316 g/mol. The maximum Gasteiger partial charge on any atom is 0.0520 e. The molecule has 1 heterocycles. The molecule has 0 saturated carbocycles. The van der Waals surface area contributed by atoms with Crippen LogP contribution in [0.2, 0.25) is 0 Å². The molecule has 2 nitrogen and oxygen atoms in total. The summed E-state index contributed by atoms with van der Waals surface area (Å²) in [5, 5.41) is 6.46. The molecule has 1 unspecified atom stereocenters. The first kappa shape index (κ1) is 15.1. The van der Waals surface area contributed by atoms with Crippen LogP contribution in [0.4, 0.5) is 5.69 Å². The van der Waals surface area contributed by atoms with Crippen molar-refractivity contribution in [1.82, 2.24) is 4.98 Å². The van der Waals surface area contributed by atoms with Crippen LogP contribution >= 0.6 is 0 Å². The van der Waals surface area contributed by atoms with Gasteiger partial charge in [-0.3, -0.25) is 0 Å². The lowest BCUT2D eigenvalue weighted by molar-refractivity contribution is 0.797. The van der Waals surface area contributed by atoms with Gasteiger partial charge in [-0.25, -0.2) is 0 Å². The Labute approximate surface area is 143 Å². The van der Waals surface area contributed by atoms with E-state index in [1.54, 1.807) is 0 Å². The number of allylic oxidation sites excluding steroid dienone is 3. The Hall–Kier alpha value is -2.48. The van der Waals surface area contributed by atoms with Crippen molar-refractivity contribution in [2.24, 2.45) is 0 Å². The van der Waals surface area contributed by atoms with Crippen LogP contribution in [-0.4, -0.2) is 11.0 Å². The number of hydrogen-bond donors (Lipinski definition) is 2. The van der Waals surface area contributed by atoms with E-state index in [0.717, 1.165) is 25.7 Å². The maximum absolute atomic E-state index is 3.76. The van der Waals surface area contributed by atoms with Crippen molar-refractivity contribution in [3.8, 4) is 0 Å². The average molecular weight is 316 g/mol. The molecule has 4 rings (SSSR count). The van der Waals surface area contributed by atoms with E-state index in [2.05, 4.69) is 78.1 Å². The number of benzene rings is 1. The molecule has 0 amide bonds. The molecular weight excluding hydrogens is 292 g/mol. The van der Waals surface area contributed by atoms with Gasteiger partial charge in [-0.2, -0.15) is 0 Å². The van der Waals surface area contributed by atoms with Crippen LogP contribution in [-0.2, 0) is 6.42 Å². The van der Waals surface area contributed by atoms with E-state index in [0.29, 0.717) is 6.04 Å². The first-order valence-electron chi connectivity index (χ1n) is 8.85. The van der Waals surface area contributed by atoms with Crippen molar-refractivity contribution in [2.45, 2.75) is 38.6 Å². The van der Waals surface area contributed by atoms with E-state index in [1.165, 1.54) is 33.0 Å². The predicted molar refractivity (Wildman–Crippen MR) is 102 cm³/mol. The molecular formula is C22H24N2. The minimum absolute atomic E-state index is 0.331. The summed E-state index contributed by atoms with van der Waals surface area (Å²) in [4.78, 5) is 3.45. The second-order valence-electron chi connectivity index (χ2n) is 6.77. The summed E-state index contributed by atoms with van der Waals surface area (Å²) >= 11 is 0. The summed E-state index contributed by atoms with van der Waals surface area (Å²) in [6.07, 6.45) is 17.9. The molecule has 2 aromatic rings. The second kappa shape index (κ2) is 6.56. The Kier molecular flexibility index (Phi) is 4.12. The summed E-state index contributed by atoms with van der Waals surface area (Å²) < 4.78 is 0. The number of H-pyrrole nitrogens is 1. The van der Waals surface area contributed by atoms with Crippen LogP contribution in [0.1, 0.15) is 30.4 Å². The molecule has 2 N–H and O–H groups in total. The van der Waals surface area contributed by atoms with Gasteiger partial charge in [0, 0.05) is 17.2 Å². The zero-order chi connectivity index (χ0) is 16.4. The van der Waals surface area contributed by atoms with Crippen LogP contribution < -0.4 is 15.9 Å². The van der Waals surface area contributed by atoms with Crippen LogP contribution in [0.25, 0.3) is 12.2 Å². The zero-order valence-corrected chi connectivity index (χ0v) is 14.2. The molecule has 0 bridgehead atoms. The van der Waals surface area contributed by atoms with Gasteiger partial charge < -0.3 is 10.3 Å². The van der Waals surface area contributed by atoms with Crippen molar-refractivity contribution >= 4 is 17.8 Å². The summed E-state index contributed by atoms with van der Waals surface area (Å²) in [5.74, 6) is 0. The third kappa shape index (κ3) is 3.09. The van der Waals surface area contributed by atoms with Gasteiger partial charge in [0.15, 0.2) is 0 Å². The summed E-state index contributed by atoms with van der Waals surface area (Å²) in [7, 11) is 0. The molecule has 0 spiro atoms. The fourth-order valence-corrected chi connectivity index (χ4v) is 3.68. The van der Waals surface area contributed by atoms with E-state index < -0.39 is 0 Å². The van der Waals surface area contributed by atoms with Gasteiger partial charge in [-0.1, -0.05) is 42.5 Å². The Balaban J connectivity index is 1.63. The number of rotatable bonds is 5. The van der Waals surface area contributed by atoms with Gasteiger partial charge in [0.25, 0.3) is 0 Å². The molecule has 0 saturated heterocycles. The molecule has 1 aromatic carbocycles. The van der Waals surface area contributed by atoms with Crippen LogP contribution in [0, 0.1) is 6.92 Å². The predicted octanol–water partition coefficient (Wildman–Crippen LogP) is 3.59. The molecule has 1 atom stereocenters. The molecule has 1 aromatic heterocycles. The molecule has 0 radical (unpaired) electrons. The van der Waals surface area contributed by atoms with Crippen molar-refractivity contribution in [3.63, 3.8) is 0 Å². The smallest absolute Gasteiger partial charge is 0.0520 e. The minimum atomic E-state index is 0.331. The lowest BCUT2D eigenvalue weighted by atomic mass is 9.97. The largest absolute Gasteiger partial charge is 0.378 e. The first-order chi connectivity index (χ1) is 11.8. The van der Waals surface area contributed by atoms with Gasteiger partial charge in [0.1, 0.15) is 0 Å². The highest BCUT2D eigenvalue weighted by Gasteiger charge is 2.17. The number of nitrogens with one attached hydrogen (secondary N) is 2. The number of fused-ring (bicyclic) bond motifs is 1. The van der Waals surface area contributed by atoms with Crippen molar-refractivity contribution < 1.29 is 0 Å². The van der Waals surface area contributed by atoms with Crippen molar-refractivity contribution in [3.05, 3.63) is 76.0 Å². The van der Waals surface area contributed by atoms with Crippen molar-refractivity contribution in [2.75, 3.05) is 5.32 Å². The topological polar surface area (TPSA) is 27.8 Å². The molecule has 2 aliphatic carbocycles. The molecule has 2 heteroatoms. The van der Waals surface area contributed by atoms with E-state index in [-0.39, 0.29) is 0 Å². The van der Waals surface area contributed by atoms with E-state index in [9.17, 15) is 0 Å². The lowest BCUT2D eigenvalue weighted by Crippen LogP contribution is -2.31. The second-order valence-corrected chi connectivity index (χ2v) is 6.77. The number of aromatic nitrogens is 1. The number of aryl methyl sites for hydroxylation is 1. The third-order valence-electron chi connectivity index (χ3n) is 4.93. The number of anilines is 1. The van der Waals surface area contributed by atoms with Crippen molar-refractivity contribution in [1.29, 1.82) is 0 Å². The van der Waals surface area contributed by atoms with Gasteiger partial charge in [0.05, 0.1) is 6.04 Å². The molecule has 2 aliphatic rings. The Morgan fingerprint density at radius 3 is 2.96 bits per heavy atom. The fourth-order valence-electron chi connectivity index (χ4n) is 3.68. The minimum Gasteiger partial charge on any atom is -0.378 e. The van der Waals surface area contributed by atoms with E-state index in [4.69, 9.17) is 0 Å². The Morgan fingerprint density at radius 1 is 1.21 bits per heavy atom. The fraction of sp³-hybridized carbons (Fsp3) is 0.273.